The van der Waals surface area contributed by atoms with Crippen molar-refractivity contribution in [1.82, 2.24) is 4.98 Å². The molecule has 0 amide bonds. The molecule has 7 heteroatoms. The third-order valence-corrected chi connectivity index (χ3v) is 3.17. The van der Waals surface area contributed by atoms with E-state index in [0.29, 0.717) is 17.7 Å². The van der Waals surface area contributed by atoms with Crippen LogP contribution in [0.15, 0.2) is 41.7 Å². The van der Waals surface area contributed by atoms with Gasteiger partial charge in [0.15, 0.2) is 5.84 Å². The number of oxime groups is 1. The molecule has 1 heterocycles. The van der Waals surface area contributed by atoms with Gasteiger partial charge in [-0.25, -0.2) is 4.98 Å². The van der Waals surface area contributed by atoms with Crippen molar-refractivity contribution in [1.29, 1.82) is 0 Å². The number of nitrogens with zero attached hydrogens (tertiary/aromatic N) is 2. The molecule has 4 N–H and O–H groups in total. The summed E-state index contributed by atoms with van der Waals surface area (Å²) < 4.78 is 5.68. The number of rotatable bonds is 5. The summed E-state index contributed by atoms with van der Waals surface area (Å²) in [7, 11) is 0. The average Bonchev–Trinajstić information content (AvgIpc) is 2.51. The number of aromatic nitrogens is 1. The highest BCUT2D eigenvalue weighted by Crippen LogP contribution is 2.31. The Bertz CT molecular complexity index is 662. The van der Waals surface area contributed by atoms with Crippen molar-refractivity contribution in [3.63, 3.8) is 0 Å². The third kappa shape index (κ3) is 3.42. The van der Waals surface area contributed by atoms with Crippen LogP contribution in [0.1, 0.15) is 11.1 Å². The van der Waals surface area contributed by atoms with Gasteiger partial charge in [0.2, 0.25) is 5.88 Å². The highest BCUT2D eigenvalue weighted by molar-refractivity contribution is 6.35. The van der Waals surface area contributed by atoms with E-state index < -0.39 is 0 Å². The van der Waals surface area contributed by atoms with Gasteiger partial charge in [0.05, 0.1) is 0 Å². The maximum atomic E-state index is 9.06. The maximum Gasteiger partial charge on any atom is 0.238 e. The molecule has 2 aromatic rings. The lowest BCUT2D eigenvalue weighted by atomic mass is 10.1. The summed E-state index contributed by atoms with van der Waals surface area (Å²) in [6.45, 7) is 0.00565. The molecule has 110 valence electrons. The number of hydrogen-bond donors (Lipinski definition) is 3. The molecule has 0 aliphatic heterocycles. The predicted octanol–water partition coefficient (Wildman–Crippen LogP) is 2.16. The van der Waals surface area contributed by atoms with Gasteiger partial charge in [-0.05, 0) is 24.1 Å². The molecule has 6 nitrogen and oxygen atoms in total. The first-order valence-corrected chi connectivity index (χ1v) is 6.54. The summed E-state index contributed by atoms with van der Waals surface area (Å²) in [6, 6.07) is 8.76. The SMILES string of the molecule is N/C(=N/O)c1ccnc(Oc2ccccc2CCO)c1Cl. The Labute approximate surface area is 126 Å². The number of amidine groups is 1. The van der Waals surface area contributed by atoms with Crippen LogP contribution in [0.2, 0.25) is 5.02 Å². The highest BCUT2D eigenvalue weighted by atomic mass is 35.5. The van der Waals surface area contributed by atoms with Crippen molar-refractivity contribution in [2.75, 3.05) is 6.61 Å². The van der Waals surface area contributed by atoms with Crippen LogP contribution in [0.4, 0.5) is 0 Å². The molecule has 0 saturated carbocycles. The van der Waals surface area contributed by atoms with Gasteiger partial charge in [-0.1, -0.05) is 35.0 Å². The molecule has 0 bridgehead atoms. The molecule has 0 saturated heterocycles. The van der Waals surface area contributed by atoms with E-state index in [0.717, 1.165) is 5.56 Å². The molecular weight excluding hydrogens is 294 g/mol. The van der Waals surface area contributed by atoms with E-state index >= 15 is 0 Å². The molecule has 0 unspecified atom stereocenters. The monoisotopic (exact) mass is 307 g/mol. The Hall–Kier alpha value is -2.31. The van der Waals surface area contributed by atoms with Crippen molar-refractivity contribution in [3.8, 4) is 11.6 Å². The minimum atomic E-state index is -0.129. The van der Waals surface area contributed by atoms with Gasteiger partial charge >= 0.3 is 0 Å². The molecule has 0 aliphatic carbocycles. The first-order chi connectivity index (χ1) is 10.2. The van der Waals surface area contributed by atoms with E-state index in [1.54, 1.807) is 12.1 Å². The van der Waals surface area contributed by atoms with Gasteiger partial charge < -0.3 is 20.8 Å². The zero-order valence-electron chi connectivity index (χ0n) is 11.0. The fourth-order valence-electron chi connectivity index (χ4n) is 1.78. The summed E-state index contributed by atoms with van der Waals surface area (Å²) >= 11 is 6.15. The Balaban J connectivity index is 2.37. The standard InChI is InChI=1S/C14H14ClN3O3/c15-12-10(13(16)18-20)5-7-17-14(12)21-11-4-2-1-3-9(11)6-8-19/h1-5,7,19-20H,6,8H2,(H2,16,18). The minimum absolute atomic E-state index is 0.00565. The number of pyridine rings is 1. The zero-order valence-corrected chi connectivity index (χ0v) is 11.8. The quantitative estimate of drug-likeness (QED) is 0.340. The average molecular weight is 308 g/mol. The number of para-hydroxylation sites is 1. The van der Waals surface area contributed by atoms with Gasteiger partial charge in [0.25, 0.3) is 0 Å². The van der Waals surface area contributed by atoms with E-state index in [2.05, 4.69) is 10.1 Å². The van der Waals surface area contributed by atoms with Gasteiger partial charge in [0.1, 0.15) is 10.8 Å². The van der Waals surface area contributed by atoms with E-state index in [1.807, 2.05) is 12.1 Å². The van der Waals surface area contributed by atoms with Crippen LogP contribution < -0.4 is 10.5 Å². The molecule has 1 aromatic heterocycles. The van der Waals surface area contributed by atoms with E-state index in [9.17, 15) is 0 Å². The fourth-order valence-corrected chi connectivity index (χ4v) is 2.03. The first-order valence-electron chi connectivity index (χ1n) is 6.16. The van der Waals surface area contributed by atoms with Crippen LogP contribution in [0, 0.1) is 0 Å². The van der Waals surface area contributed by atoms with Crippen molar-refractivity contribution in [2.24, 2.45) is 10.9 Å². The Morgan fingerprint density at radius 2 is 2.10 bits per heavy atom. The number of ether oxygens (including phenoxy) is 1. The molecule has 2 rings (SSSR count). The number of nitrogens with two attached hydrogens (primary N) is 1. The van der Waals surface area contributed by atoms with Crippen molar-refractivity contribution < 1.29 is 15.1 Å². The summed E-state index contributed by atoms with van der Waals surface area (Å²) in [5.74, 6) is 0.555. The molecular formula is C14H14ClN3O3. The Morgan fingerprint density at radius 1 is 1.33 bits per heavy atom. The third-order valence-electron chi connectivity index (χ3n) is 2.80. The largest absolute Gasteiger partial charge is 0.437 e. The number of aliphatic hydroxyl groups excluding tert-OH is 1. The van der Waals surface area contributed by atoms with Gasteiger partial charge in [-0.3, -0.25) is 0 Å². The van der Waals surface area contributed by atoms with Crippen LogP contribution >= 0.6 is 11.6 Å². The number of halogens is 1. The van der Waals surface area contributed by atoms with Crippen LogP contribution in [-0.2, 0) is 6.42 Å². The van der Waals surface area contributed by atoms with E-state index in [-0.39, 0.29) is 23.3 Å². The summed E-state index contributed by atoms with van der Waals surface area (Å²) in [4.78, 5) is 4.04. The lowest BCUT2D eigenvalue weighted by molar-refractivity contribution is 0.297. The second kappa shape index (κ2) is 6.92. The van der Waals surface area contributed by atoms with Gasteiger partial charge in [0, 0.05) is 18.4 Å². The maximum absolute atomic E-state index is 9.06. The highest BCUT2D eigenvalue weighted by Gasteiger charge is 2.14. The molecule has 0 atom stereocenters. The normalized spacial score (nSPS) is 11.4. The smallest absolute Gasteiger partial charge is 0.238 e. The van der Waals surface area contributed by atoms with Crippen LogP contribution in [0.25, 0.3) is 0 Å². The van der Waals surface area contributed by atoms with Crippen molar-refractivity contribution in [2.45, 2.75) is 6.42 Å². The second-order valence-electron chi connectivity index (χ2n) is 4.15. The Morgan fingerprint density at radius 3 is 2.81 bits per heavy atom. The van der Waals surface area contributed by atoms with E-state index in [4.69, 9.17) is 32.4 Å². The molecule has 0 aliphatic rings. The van der Waals surface area contributed by atoms with Crippen LogP contribution in [0.5, 0.6) is 11.6 Å². The predicted molar refractivity (Wildman–Crippen MR) is 79.1 cm³/mol. The lowest BCUT2D eigenvalue weighted by Crippen LogP contribution is -2.14. The van der Waals surface area contributed by atoms with Crippen molar-refractivity contribution >= 4 is 17.4 Å². The fraction of sp³-hybridized carbons (Fsp3) is 0.143. The molecule has 21 heavy (non-hydrogen) atoms. The first kappa shape index (κ1) is 15.1. The van der Waals surface area contributed by atoms with Crippen LogP contribution in [0.3, 0.4) is 0 Å². The molecule has 0 radical (unpaired) electrons. The summed E-state index contributed by atoms with van der Waals surface area (Å²) in [5, 5.41) is 20.8. The summed E-state index contributed by atoms with van der Waals surface area (Å²) in [5.41, 5.74) is 6.68. The lowest BCUT2D eigenvalue weighted by Gasteiger charge is -2.12. The molecule has 0 fully saturated rings. The Kier molecular flexibility index (Phi) is 4.97. The summed E-state index contributed by atoms with van der Waals surface area (Å²) in [6.07, 6.45) is 1.90. The van der Waals surface area contributed by atoms with Crippen molar-refractivity contribution in [3.05, 3.63) is 52.7 Å². The second-order valence-corrected chi connectivity index (χ2v) is 4.52. The van der Waals surface area contributed by atoms with Gasteiger partial charge in [-0.2, -0.15) is 0 Å². The molecule has 0 spiro atoms. The zero-order chi connectivity index (χ0) is 15.2. The number of aliphatic hydroxyl groups is 1. The topological polar surface area (TPSA) is 101 Å². The van der Waals surface area contributed by atoms with Crippen LogP contribution in [-0.4, -0.2) is 27.7 Å². The number of benzene rings is 1. The number of hydrogen-bond acceptors (Lipinski definition) is 5. The van der Waals surface area contributed by atoms with Gasteiger partial charge in [-0.15, -0.1) is 0 Å². The minimum Gasteiger partial charge on any atom is -0.437 e. The molecule has 1 aromatic carbocycles. The van der Waals surface area contributed by atoms with E-state index in [1.165, 1.54) is 12.3 Å².